The minimum Gasteiger partial charge on any atom is -0.479 e. The van der Waals surface area contributed by atoms with E-state index in [1.165, 1.54) is 4.90 Å². The van der Waals surface area contributed by atoms with Crippen LogP contribution in [0.3, 0.4) is 0 Å². The van der Waals surface area contributed by atoms with Crippen LogP contribution in [0.1, 0.15) is 27.7 Å². The van der Waals surface area contributed by atoms with Crippen LogP contribution < -0.4 is 0 Å². The van der Waals surface area contributed by atoms with E-state index in [0.717, 1.165) is 16.5 Å². The topological polar surface area (TPSA) is 73.4 Å². The quantitative estimate of drug-likeness (QED) is 0.762. The van der Waals surface area contributed by atoms with Crippen molar-refractivity contribution in [1.82, 2.24) is 9.88 Å². The fraction of sp³-hybridized carbons (Fsp3) is 0.158. The minimum atomic E-state index is -1.02. The number of nitrogens with zero attached hydrogens (tertiary/aromatic N) is 1. The van der Waals surface area contributed by atoms with Gasteiger partial charge in [0.15, 0.2) is 6.04 Å². The van der Waals surface area contributed by atoms with E-state index in [-0.39, 0.29) is 5.91 Å². The molecule has 3 aromatic rings. The first-order chi connectivity index (χ1) is 11.7. The first-order valence-electron chi connectivity index (χ1n) is 7.85. The summed E-state index contributed by atoms with van der Waals surface area (Å²) in [6.45, 7) is 0.388. The third-order valence-corrected chi connectivity index (χ3v) is 4.55. The van der Waals surface area contributed by atoms with Crippen LogP contribution >= 0.6 is 0 Å². The molecule has 2 aromatic carbocycles. The minimum absolute atomic E-state index is 0.257. The first-order valence-corrected chi connectivity index (χ1v) is 7.85. The van der Waals surface area contributed by atoms with Crippen LogP contribution in [-0.4, -0.2) is 33.4 Å². The molecule has 0 radical (unpaired) electrons. The fourth-order valence-electron chi connectivity index (χ4n) is 3.46. The summed E-state index contributed by atoms with van der Waals surface area (Å²) in [6, 6.07) is 15.6. The maximum atomic E-state index is 12.8. The highest BCUT2D eigenvalue weighted by Crippen LogP contribution is 2.35. The van der Waals surface area contributed by atoms with Gasteiger partial charge in [0, 0.05) is 23.0 Å². The zero-order valence-corrected chi connectivity index (χ0v) is 12.9. The molecule has 1 atom stereocenters. The van der Waals surface area contributed by atoms with E-state index in [1.807, 2.05) is 30.3 Å². The molecule has 1 aromatic heterocycles. The Balaban J connectivity index is 1.81. The number of carboxylic acid groups (broad SMARTS) is 1. The van der Waals surface area contributed by atoms with Crippen LogP contribution in [-0.2, 0) is 11.2 Å². The van der Waals surface area contributed by atoms with Gasteiger partial charge in [0.25, 0.3) is 5.91 Å². The number of nitrogens with one attached hydrogen (secondary N) is 1. The largest absolute Gasteiger partial charge is 0.479 e. The molecule has 1 aliphatic heterocycles. The number of aromatic nitrogens is 1. The van der Waals surface area contributed by atoms with Crippen LogP contribution in [0.4, 0.5) is 0 Å². The SMILES string of the molecule is O=C(O)C1c2[nH]c3ccccc3c2CCN1C(=O)c1ccccc1. The average Bonchev–Trinajstić information content (AvgIpc) is 2.99. The second-order valence-electron chi connectivity index (χ2n) is 5.92. The molecule has 5 heteroatoms. The van der Waals surface area contributed by atoms with E-state index >= 15 is 0 Å². The van der Waals surface area contributed by atoms with Crippen molar-refractivity contribution in [3.05, 3.63) is 71.4 Å². The molecule has 4 rings (SSSR count). The van der Waals surface area contributed by atoms with E-state index in [4.69, 9.17) is 0 Å². The monoisotopic (exact) mass is 320 g/mol. The number of carbonyl (C=O) groups excluding carboxylic acids is 1. The fourth-order valence-corrected chi connectivity index (χ4v) is 3.46. The Morgan fingerprint density at radius 2 is 1.75 bits per heavy atom. The normalized spacial score (nSPS) is 16.8. The molecule has 0 fully saturated rings. The van der Waals surface area contributed by atoms with Crippen molar-refractivity contribution >= 4 is 22.8 Å². The van der Waals surface area contributed by atoms with Gasteiger partial charge in [0.05, 0.1) is 5.69 Å². The number of benzene rings is 2. The zero-order chi connectivity index (χ0) is 16.7. The lowest BCUT2D eigenvalue weighted by molar-refractivity contribution is -0.143. The van der Waals surface area contributed by atoms with E-state index in [2.05, 4.69) is 4.98 Å². The number of aliphatic carboxylic acids is 1. The molecule has 5 nitrogen and oxygen atoms in total. The Bertz CT molecular complexity index is 930. The molecule has 0 spiro atoms. The number of carbonyl (C=O) groups is 2. The summed E-state index contributed by atoms with van der Waals surface area (Å²) in [6.07, 6.45) is 0.641. The highest BCUT2D eigenvalue weighted by atomic mass is 16.4. The lowest BCUT2D eigenvalue weighted by atomic mass is 9.96. The van der Waals surface area contributed by atoms with Gasteiger partial charge >= 0.3 is 5.97 Å². The Kier molecular flexibility index (Phi) is 3.34. The van der Waals surface area contributed by atoms with Crippen molar-refractivity contribution in [2.24, 2.45) is 0 Å². The second kappa shape index (κ2) is 5.53. The lowest BCUT2D eigenvalue weighted by Gasteiger charge is -2.33. The Labute approximate surface area is 138 Å². The molecule has 1 aliphatic rings. The van der Waals surface area contributed by atoms with Crippen LogP contribution in [0.15, 0.2) is 54.6 Å². The maximum Gasteiger partial charge on any atom is 0.332 e. The van der Waals surface area contributed by atoms with Gasteiger partial charge < -0.3 is 15.0 Å². The van der Waals surface area contributed by atoms with Crippen molar-refractivity contribution in [2.75, 3.05) is 6.54 Å². The van der Waals surface area contributed by atoms with E-state index < -0.39 is 12.0 Å². The Morgan fingerprint density at radius 1 is 1.04 bits per heavy atom. The summed E-state index contributed by atoms with van der Waals surface area (Å²) in [5.41, 5.74) is 3.01. The van der Waals surface area contributed by atoms with Gasteiger partial charge in [-0.3, -0.25) is 4.79 Å². The van der Waals surface area contributed by atoms with Gasteiger partial charge in [-0.15, -0.1) is 0 Å². The summed E-state index contributed by atoms with van der Waals surface area (Å²) in [5.74, 6) is -1.28. The third-order valence-electron chi connectivity index (χ3n) is 4.55. The molecule has 0 saturated carbocycles. The molecular weight excluding hydrogens is 304 g/mol. The number of aromatic amines is 1. The summed E-state index contributed by atoms with van der Waals surface area (Å²) in [7, 11) is 0. The number of H-pyrrole nitrogens is 1. The van der Waals surface area contributed by atoms with Crippen LogP contribution in [0.25, 0.3) is 10.9 Å². The first kappa shape index (κ1) is 14.5. The lowest BCUT2D eigenvalue weighted by Crippen LogP contribution is -2.43. The summed E-state index contributed by atoms with van der Waals surface area (Å²) >= 11 is 0. The van der Waals surface area contributed by atoms with Crippen molar-refractivity contribution in [3.8, 4) is 0 Å². The predicted octanol–water partition coefficient (Wildman–Crippen LogP) is 2.99. The molecule has 0 aliphatic carbocycles. The summed E-state index contributed by atoms with van der Waals surface area (Å²) < 4.78 is 0. The van der Waals surface area contributed by atoms with Gasteiger partial charge in [0.2, 0.25) is 0 Å². The number of hydrogen-bond donors (Lipinski definition) is 2. The smallest absolute Gasteiger partial charge is 0.332 e. The molecule has 2 N–H and O–H groups in total. The number of carboxylic acids is 1. The van der Waals surface area contributed by atoms with Crippen molar-refractivity contribution in [2.45, 2.75) is 12.5 Å². The zero-order valence-electron chi connectivity index (χ0n) is 12.9. The van der Waals surface area contributed by atoms with Gasteiger partial charge in [0.1, 0.15) is 0 Å². The van der Waals surface area contributed by atoms with E-state index in [9.17, 15) is 14.7 Å². The number of para-hydroxylation sites is 1. The highest BCUT2D eigenvalue weighted by molar-refractivity contribution is 5.98. The molecule has 24 heavy (non-hydrogen) atoms. The van der Waals surface area contributed by atoms with Crippen LogP contribution in [0.2, 0.25) is 0 Å². The van der Waals surface area contributed by atoms with Crippen molar-refractivity contribution in [1.29, 1.82) is 0 Å². The number of rotatable bonds is 2. The Morgan fingerprint density at radius 3 is 2.50 bits per heavy atom. The summed E-state index contributed by atoms with van der Waals surface area (Å²) in [5, 5.41) is 10.8. The van der Waals surface area contributed by atoms with Gasteiger partial charge in [-0.2, -0.15) is 0 Å². The van der Waals surface area contributed by atoms with Crippen molar-refractivity contribution < 1.29 is 14.7 Å². The highest BCUT2D eigenvalue weighted by Gasteiger charge is 2.38. The van der Waals surface area contributed by atoms with Crippen LogP contribution in [0.5, 0.6) is 0 Å². The number of hydrogen-bond acceptors (Lipinski definition) is 2. The van der Waals surface area contributed by atoms with E-state index in [1.54, 1.807) is 24.3 Å². The molecule has 1 amide bonds. The second-order valence-corrected chi connectivity index (χ2v) is 5.92. The molecular formula is C19H16N2O3. The number of amides is 1. The Hall–Kier alpha value is -3.08. The third kappa shape index (κ3) is 2.17. The van der Waals surface area contributed by atoms with Gasteiger partial charge in [-0.25, -0.2) is 4.79 Å². The molecule has 0 bridgehead atoms. The molecule has 120 valence electrons. The van der Waals surface area contributed by atoms with Gasteiger partial charge in [-0.1, -0.05) is 36.4 Å². The summed E-state index contributed by atoms with van der Waals surface area (Å²) in [4.78, 5) is 29.4. The molecule has 0 saturated heterocycles. The standard InChI is InChI=1S/C19H16N2O3/c22-18(12-6-2-1-3-7-12)21-11-10-14-13-8-4-5-9-15(13)20-16(14)17(21)19(23)24/h1-9,17,20H,10-11H2,(H,23,24). The van der Waals surface area contributed by atoms with E-state index in [0.29, 0.717) is 24.2 Å². The van der Waals surface area contributed by atoms with Gasteiger partial charge in [-0.05, 0) is 30.2 Å². The maximum absolute atomic E-state index is 12.8. The number of fused-ring (bicyclic) bond motifs is 3. The molecule has 2 heterocycles. The average molecular weight is 320 g/mol. The molecule has 1 unspecified atom stereocenters. The van der Waals surface area contributed by atoms with Crippen molar-refractivity contribution in [3.63, 3.8) is 0 Å². The van der Waals surface area contributed by atoms with Crippen LogP contribution in [0, 0.1) is 0 Å². The predicted molar refractivity (Wildman–Crippen MR) is 89.9 cm³/mol.